The Kier molecular flexibility index (Phi) is 3.13. The number of nitrogens with two attached hydrogens (primary N) is 1. The van der Waals surface area contributed by atoms with E-state index in [0.29, 0.717) is 18.4 Å². The molecule has 0 aromatic heterocycles. The first kappa shape index (κ1) is 11.0. The van der Waals surface area contributed by atoms with Gasteiger partial charge in [-0.3, -0.25) is 4.79 Å². The van der Waals surface area contributed by atoms with Gasteiger partial charge in [0.1, 0.15) is 0 Å². The summed E-state index contributed by atoms with van der Waals surface area (Å²) in [5.74, 6) is 0.813. The Balaban J connectivity index is 1.76. The van der Waals surface area contributed by atoms with Crippen LogP contribution < -0.4 is 11.1 Å². The van der Waals surface area contributed by atoms with E-state index in [2.05, 4.69) is 12.2 Å². The van der Waals surface area contributed by atoms with Crippen molar-refractivity contribution in [3.05, 3.63) is 29.8 Å². The fraction of sp³-hybridized carbons (Fsp3) is 0.462. The number of carbonyl (C=O) groups excluding carboxylic acids is 1. The van der Waals surface area contributed by atoms with Crippen LogP contribution in [0.15, 0.2) is 24.3 Å². The van der Waals surface area contributed by atoms with Gasteiger partial charge in [-0.25, -0.2) is 0 Å². The summed E-state index contributed by atoms with van der Waals surface area (Å²) in [6, 6.07) is 8.13. The number of nitrogen functional groups attached to an aromatic ring is 1. The van der Waals surface area contributed by atoms with Crippen LogP contribution in [0.1, 0.15) is 25.3 Å². The summed E-state index contributed by atoms with van der Waals surface area (Å²) >= 11 is 0. The lowest BCUT2D eigenvalue weighted by molar-refractivity contribution is -0.121. The van der Waals surface area contributed by atoms with E-state index in [0.717, 1.165) is 24.1 Å². The molecule has 1 saturated carbocycles. The van der Waals surface area contributed by atoms with Crippen molar-refractivity contribution in [2.45, 2.75) is 32.2 Å². The molecule has 3 N–H and O–H groups in total. The maximum atomic E-state index is 11.6. The van der Waals surface area contributed by atoms with Gasteiger partial charge in [-0.05, 0) is 36.5 Å². The van der Waals surface area contributed by atoms with Crippen molar-refractivity contribution in [1.82, 2.24) is 5.32 Å². The molecule has 86 valence electrons. The number of rotatable bonds is 4. The van der Waals surface area contributed by atoms with E-state index in [1.165, 1.54) is 0 Å². The lowest BCUT2D eigenvalue weighted by Gasteiger charge is -2.04. The number of nitrogens with one attached hydrogen (secondary N) is 1. The molecular formula is C13H18N2O. The molecule has 16 heavy (non-hydrogen) atoms. The molecule has 0 saturated heterocycles. The van der Waals surface area contributed by atoms with Crippen LogP contribution in [-0.4, -0.2) is 11.9 Å². The van der Waals surface area contributed by atoms with E-state index < -0.39 is 0 Å². The Morgan fingerprint density at radius 2 is 2.31 bits per heavy atom. The summed E-state index contributed by atoms with van der Waals surface area (Å²) in [6.07, 6.45) is 2.44. The highest BCUT2D eigenvalue weighted by Crippen LogP contribution is 2.28. The lowest BCUT2D eigenvalue weighted by atomic mass is 10.1. The van der Waals surface area contributed by atoms with Crippen molar-refractivity contribution < 1.29 is 4.79 Å². The fourth-order valence-corrected chi connectivity index (χ4v) is 1.81. The molecule has 1 aliphatic carbocycles. The smallest absolute Gasteiger partial charge is 0.220 e. The van der Waals surface area contributed by atoms with Crippen LogP contribution in [0.25, 0.3) is 0 Å². The Morgan fingerprint density at radius 3 is 2.94 bits per heavy atom. The molecule has 0 bridgehead atoms. The van der Waals surface area contributed by atoms with E-state index in [1.807, 2.05) is 24.3 Å². The molecule has 1 aromatic carbocycles. The quantitative estimate of drug-likeness (QED) is 0.756. The zero-order valence-corrected chi connectivity index (χ0v) is 9.57. The monoisotopic (exact) mass is 218 g/mol. The number of aryl methyl sites for hydroxylation is 1. The Morgan fingerprint density at radius 1 is 1.56 bits per heavy atom. The van der Waals surface area contributed by atoms with Crippen LogP contribution in [0.3, 0.4) is 0 Å². The average Bonchev–Trinajstić information content (AvgIpc) is 2.91. The number of carbonyl (C=O) groups is 1. The van der Waals surface area contributed by atoms with Gasteiger partial charge in [0.2, 0.25) is 5.91 Å². The molecular weight excluding hydrogens is 200 g/mol. The second kappa shape index (κ2) is 4.56. The fourth-order valence-electron chi connectivity index (χ4n) is 1.81. The first-order valence-corrected chi connectivity index (χ1v) is 5.79. The minimum Gasteiger partial charge on any atom is -0.399 e. The first-order valence-electron chi connectivity index (χ1n) is 5.79. The third kappa shape index (κ3) is 2.99. The summed E-state index contributed by atoms with van der Waals surface area (Å²) in [5, 5.41) is 3.02. The highest BCUT2D eigenvalue weighted by atomic mass is 16.1. The largest absolute Gasteiger partial charge is 0.399 e. The van der Waals surface area contributed by atoms with Crippen LogP contribution in [0.2, 0.25) is 0 Å². The minimum absolute atomic E-state index is 0.150. The highest BCUT2D eigenvalue weighted by Gasteiger charge is 2.33. The molecule has 0 heterocycles. The van der Waals surface area contributed by atoms with E-state index in [-0.39, 0.29) is 5.91 Å². The van der Waals surface area contributed by atoms with Crippen LogP contribution >= 0.6 is 0 Å². The molecule has 1 aromatic rings. The molecule has 0 spiro atoms. The Bertz CT molecular complexity index is 389. The van der Waals surface area contributed by atoms with E-state index in [4.69, 9.17) is 5.73 Å². The minimum atomic E-state index is 0.150. The van der Waals surface area contributed by atoms with Gasteiger partial charge in [-0.15, -0.1) is 0 Å². The number of hydrogen-bond donors (Lipinski definition) is 2. The van der Waals surface area contributed by atoms with Gasteiger partial charge in [-0.2, -0.15) is 0 Å². The molecule has 2 unspecified atom stereocenters. The van der Waals surface area contributed by atoms with Gasteiger partial charge in [0.05, 0.1) is 0 Å². The maximum Gasteiger partial charge on any atom is 0.220 e. The Labute approximate surface area is 96.0 Å². The zero-order valence-electron chi connectivity index (χ0n) is 9.57. The van der Waals surface area contributed by atoms with Crippen LogP contribution in [-0.2, 0) is 11.2 Å². The summed E-state index contributed by atoms with van der Waals surface area (Å²) in [6.45, 7) is 2.16. The van der Waals surface area contributed by atoms with Gasteiger partial charge in [0.15, 0.2) is 0 Å². The SMILES string of the molecule is CC1CC1NC(=O)CCc1cccc(N)c1. The zero-order chi connectivity index (χ0) is 11.5. The number of anilines is 1. The summed E-state index contributed by atoms with van der Waals surface area (Å²) in [7, 11) is 0. The summed E-state index contributed by atoms with van der Waals surface area (Å²) in [4.78, 5) is 11.6. The molecule has 2 rings (SSSR count). The summed E-state index contributed by atoms with van der Waals surface area (Å²) in [5.41, 5.74) is 7.56. The standard InChI is InChI=1S/C13H18N2O/c1-9-7-12(9)15-13(16)6-5-10-3-2-4-11(14)8-10/h2-4,8-9,12H,5-7,14H2,1H3,(H,15,16). The molecule has 1 amide bonds. The normalized spacial score (nSPS) is 22.8. The molecule has 0 aliphatic heterocycles. The topological polar surface area (TPSA) is 55.1 Å². The third-order valence-electron chi connectivity index (χ3n) is 3.05. The Hall–Kier alpha value is -1.51. The number of hydrogen-bond acceptors (Lipinski definition) is 2. The van der Waals surface area contributed by atoms with Crippen molar-refractivity contribution >= 4 is 11.6 Å². The van der Waals surface area contributed by atoms with Crippen molar-refractivity contribution in [1.29, 1.82) is 0 Å². The van der Waals surface area contributed by atoms with E-state index in [1.54, 1.807) is 0 Å². The van der Waals surface area contributed by atoms with Gasteiger partial charge in [0, 0.05) is 18.2 Å². The molecule has 0 radical (unpaired) electrons. The summed E-state index contributed by atoms with van der Waals surface area (Å²) < 4.78 is 0. The molecule has 2 atom stereocenters. The second-order valence-corrected chi connectivity index (χ2v) is 4.63. The van der Waals surface area contributed by atoms with E-state index >= 15 is 0 Å². The number of amides is 1. The molecule has 3 nitrogen and oxygen atoms in total. The van der Waals surface area contributed by atoms with Crippen LogP contribution in [0.5, 0.6) is 0 Å². The van der Waals surface area contributed by atoms with Crippen LogP contribution in [0, 0.1) is 5.92 Å². The molecule has 1 fully saturated rings. The van der Waals surface area contributed by atoms with Crippen molar-refractivity contribution in [2.24, 2.45) is 5.92 Å². The second-order valence-electron chi connectivity index (χ2n) is 4.63. The first-order chi connectivity index (χ1) is 7.65. The van der Waals surface area contributed by atoms with Crippen molar-refractivity contribution in [3.8, 4) is 0 Å². The van der Waals surface area contributed by atoms with Gasteiger partial charge < -0.3 is 11.1 Å². The lowest BCUT2D eigenvalue weighted by Crippen LogP contribution is -2.26. The predicted octanol–water partition coefficient (Wildman–Crippen LogP) is 1.73. The average molecular weight is 218 g/mol. The van der Waals surface area contributed by atoms with Crippen LogP contribution in [0.4, 0.5) is 5.69 Å². The van der Waals surface area contributed by atoms with E-state index in [9.17, 15) is 4.79 Å². The van der Waals surface area contributed by atoms with Crippen molar-refractivity contribution in [2.75, 3.05) is 5.73 Å². The molecule has 3 heteroatoms. The predicted molar refractivity (Wildman–Crippen MR) is 64.9 cm³/mol. The van der Waals surface area contributed by atoms with Gasteiger partial charge >= 0.3 is 0 Å². The number of benzene rings is 1. The maximum absolute atomic E-state index is 11.6. The van der Waals surface area contributed by atoms with Gasteiger partial charge in [0.25, 0.3) is 0 Å². The van der Waals surface area contributed by atoms with Crippen molar-refractivity contribution in [3.63, 3.8) is 0 Å². The third-order valence-corrected chi connectivity index (χ3v) is 3.05. The van der Waals surface area contributed by atoms with Gasteiger partial charge in [-0.1, -0.05) is 19.1 Å². The molecule has 1 aliphatic rings. The highest BCUT2D eigenvalue weighted by molar-refractivity contribution is 5.76.